The summed E-state index contributed by atoms with van der Waals surface area (Å²) in [7, 11) is 0. The predicted molar refractivity (Wildman–Crippen MR) is 190 cm³/mol. The number of hydrogen-bond donors (Lipinski definition) is 9. The maximum absolute atomic E-state index is 12.3. The molecule has 13 heteroatoms. The summed E-state index contributed by atoms with van der Waals surface area (Å²) in [6.45, 7) is 14.0. The van der Waals surface area contributed by atoms with Crippen molar-refractivity contribution in [2.24, 2.45) is 50.7 Å². The summed E-state index contributed by atoms with van der Waals surface area (Å²) in [4.78, 5) is 0. The minimum atomic E-state index is -1.60. The lowest BCUT2D eigenvalue weighted by Crippen LogP contribution is -2.63. The summed E-state index contributed by atoms with van der Waals surface area (Å²) in [5.41, 5.74) is -2.05. The Kier molecular flexibility index (Phi) is 10.4. The molecule has 20 atom stereocenters. The topological polar surface area (TPSA) is 219 Å². The fourth-order valence-corrected chi connectivity index (χ4v) is 13.9. The maximum Gasteiger partial charge on any atom is 0.186 e. The number of aliphatic hydroxyl groups excluding tert-OH is 8. The van der Waals surface area contributed by atoms with E-state index in [9.17, 15) is 46.0 Å². The number of aliphatic hydroxyl groups is 9. The van der Waals surface area contributed by atoms with Crippen molar-refractivity contribution in [3.8, 4) is 0 Å². The molecule has 5 aliphatic carbocycles. The summed E-state index contributed by atoms with van der Waals surface area (Å²) in [5, 5.41) is 97.2. The molecular weight excluding hydrogens is 688 g/mol. The average molecular weight is 757 g/mol. The molecule has 306 valence electrons. The van der Waals surface area contributed by atoms with Crippen LogP contribution in [0.1, 0.15) is 106 Å². The Bertz CT molecular complexity index is 1340. The Balaban J connectivity index is 1.09. The zero-order chi connectivity index (χ0) is 38.8. The van der Waals surface area contributed by atoms with Crippen molar-refractivity contribution < 1.29 is 64.9 Å². The van der Waals surface area contributed by atoms with Crippen molar-refractivity contribution in [1.29, 1.82) is 0 Å². The van der Waals surface area contributed by atoms with Gasteiger partial charge in [-0.15, -0.1) is 0 Å². The normalized spacial score (nSPS) is 54.6. The van der Waals surface area contributed by atoms with Crippen molar-refractivity contribution in [2.45, 2.75) is 185 Å². The Labute approximate surface area is 314 Å². The molecule has 2 spiro atoms. The van der Waals surface area contributed by atoms with E-state index in [1.54, 1.807) is 13.8 Å². The van der Waals surface area contributed by atoms with Gasteiger partial charge in [-0.3, -0.25) is 0 Å². The number of hydrogen-bond acceptors (Lipinski definition) is 13. The first-order valence-electron chi connectivity index (χ1n) is 20.3. The van der Waals surface area contributed by atoms with Crippen LogP contribution in [0.5, 0.6) is 0 Å². The van der Waals surface area contributed by atoms with Crippen molar-refractivity contribution in [3.05, 3.63) is 0 Å². The summed E-state index contributed by atoms with van der Waals surface area (Å²) in [5.74, 6) is 0.384. The van der Waals surface area contributed by atoms with Gasteiger partial charge in [0.05, 0.1) is 43.2 Å². The van der Waals surface area contributed by atoms with Crippen LogP contribution in [0, 0.1) is 50.7 Å². The van der Waals surface area contributed by atoms with Gasteiger partial charge in [0.25, 0.3) is 0 Å². The van der Waals surface area contributed by atoms with Crippen LogP contribution in [0.15, 0.2) is 0 Å². The van der Waals surface area contributed by atoms with E-state index in [2.05, 4.69) is 34.6 Å². The van der Waals surface area contributed by atoms with Crippen LogP contribution >= 0.6 is 0 Å². The molecule has 0 aromatic rings. The third-order valence-electron chi connectivity index (χ3n) is 16.9. The van der Waals surface area contributed by atoms with Gasteiger partial charge < -0.3 is 64.9 Å². The maximum atomic E-state index is 12.3. The third-order valence-corrected chi connectivity index (χ3v) is 16.9. The first-order valence-corrected chi connectivity index (χ1v) is 20.3. The lowest BCUT2D eigenvalue weighted by molar-refractivity contribution is -0.356. The van der Waals surface area contributed by atoms with Crippen molar-refractivity contribution in [1.82, 2.24) is 0 Å². The second-order valence-electron chi connectivity index (χ2n) is 20.3. The molecule has 7 fully saturated rings. The highest BCUT2D eigenvalue weighted by Crippen LogP contribution is 2.89. The molecule has 9 N–H and O–H groups in total. The van der Waals surface area contributed by atoms with Crippen LogP contribution in [0.2, 0.25) is 0 Å². The Hall–Kier alpha value is -0.520. The Morgan fingerprint density at radius 3 is 2.04 bits per heavy atom. The molecule has 0 aromatic heterocycles. The zero-order valence-electron chi connectivity index (χ0n) is 32.7. The molecule has 7 aliphatic rings. The van der Waals surface area contributed by atoms with E-state index in [-0.39, 0.29) is 58.5 Å². The summed E-state index contributed by atoms with van der Waals surface area (Å²) in [6.07, 6.45) is -6.14. The van der Waals surface area contributed by atoms with Gasteiger partial charge in [-0.2, -0.15) is 0 Å². The van der Waals surface area contributed by atoms with Crippen LogP contribution < -0.4 is 0 Å². The van der Waals surface area contributed by atoms with E-state index in [4.69, 9.17) is 18.9 Å². The van der Waals surface area contributed by atoms with Gasteiger partial charge in [-0.1, -0.05) is 34.6 Å². The molecular formula is C40H68O13. The minimum Gasteiger partial charge on any atom is -0.393 e. The average Bonchev–Trinajstić information content (AvgIpc) is 3.66. The molecule has 2 aliphatic heterocycles. The zero-order valence-corrected chi connectivity index (χ0v) is 32.7. The largest absolute Gasteiger partial charge is 0.393 e. The highest BCUT2D eigenvalue weighted by molar-refractivity contribution is 5.32. The standard InChI is InChI=1S/C40H68O13/c1-19(8-9-25(45)36(4,5)49)27-21(42)15-38(7)24-14-20(41)32-35(2,3)26(10-11-40(32)18-39(24,40)13-12-37(27,38)6)52-34-31(29(47)23(44)17-51-34)53-33-30(48)28(46)22(43)16-50-33/h19-34,41-49H,8-18H2,1-7H3. The van der Waals surface area contributed by atoms with Crippen molar-refractivity contribution in [3.63, 3.8) is 0 Å². The molecule has 20 unspecified atom stereocenters. The SMILES string of the molecule is CC(CCC(O)C(C)(C)O)C1C(O)CC2(C)C3CC(O)C4C(C)(C)C(OC5OCC(O)C(O)C5OC5OCC(O)C(O)C5O)CCC45CC35CCC12C. The van der Waals surface area contributed by atoms with Gasteiger partial charge in [0.1, 0.15) is 36.6 Å². The molecule has 0 amide bonds. The number of ether oxygens (including phenoxy) is 4. The quantitative estimate of drug-likeness (QED) is 0.151. The van der Waals surface area contributed by atoms with E-state index in [1.165, 1.54) is 0 Å². The lowest BCUT2D eigenvalue weighted by atomic mass is 9.41. The molecule has 0 bridgehead atoms. The molecule has 0 radical (unpaired) electrons. The van der Waals surface area contributed by atoms with Gasteiger partial charge in [0.2, 0.25) is 0 Å². The molecule has 7 rings (SSSR count). The molecule has 0 aromatic carbocycles. The summed E-state index contributed by atoms with van der Waals surface area (Å²) >= 11 is 0. The van der Waals surface area contributed by atoms with E-state index in [0.29, 0.717) is 32.1 Å². The summed E-state index contributed by atoms with van der Waals surface area (Å²) < 4.78 is 24.0. The Morgan fingerprint density at radius 2 is 1.38 bits per heavy atom. The van der Waals surface area contributed by atoms with E-state index in [0.717, 1.165) is 25.7 Å². The summed E-state index contributed by atoms with van der Waals surface area (Å²) in [6, 6.07) is 0. The van der Waals surface area contributed by atoms with E-state index < -0.39 is 84.6 Å². The van der Waals surface area contributed by atoms with E-state index >= 15 is 0 Å². The van der Waals surface area contributed by atoms with Crippen molar-refractivity contribution in [2.75, 3.05) is 13.2 Å². The first kappa shape index (κ1) is 40.7. The molecule has 2 saturated heterocycles. The number of rotatable bonds is 9. The van der Waals surface area contributed by atoms with Crippen LogP contribution in [0.3, 0.4) is 0 Å². The minimum absolute atomic E-state index is 0.0511. The third kappa shape index (κ3) is 6.04. The number of fused-ring (bicyclic) bond motifs is 2. The fourth-order valence-electron chi connectivity index (χ4n) is 13.9. The fraction of sp³-hybridized carbons (Fsp3) is 1.00. The van der Waals surface area contributed by atoms with Gasteiger partial charge in [-0.05, 0) is 122 Å². The smallest absolute Gasteiger partial charge is 0.186 e. The predicted octanol–water partition coefficient (Wildman–Crippen LogP) is 1.20. The molecule has 2 heterocycles. The Morgan fingerprint density at radius 1 is 0.736 bits per heavy atom. The van der Waals surface area contributed by atoms with Gasteiger partial charge in [0, 0.05) is 0 Å². The lowest BCUT2D eigenvalue weighted by Gasteiger charge is -2.64. The molecule has 5 saturated carbocycles. The van der Waals surface area contributed by atoms with Crippen LogP contribution in [0.25, 0.3) is 0 Å². The molecule has 13 nitrogen and oxygen atoms in total. The molecule has 53 heavy (non-hydrogen) atoms. The van der Waals surface area contributed by atoms with E-state index in [1.807, 2.05) is 0 Å². The van der Waals surface area contributed by atoms with Gasteiger partial charge in [-0.25, -0.2) is 0 Å². The van der Waals surface area contributed by atoms with Crippen LogP contribution in [0.4, 0.5) is 0 Å². The first-order chi connectivity index (χ1) is 24.6. The monoisotopic (exact) mass is 756 g/mol. The van der Waals surface area contributed by atoms with Gasteiger partial charge in [0.15, 0.2) is 12.6 Å². The van der Waals surface area contributed by atoms with Crippen molar-refractivity contribution >= 4 is 0 Å². The van der Waals surface area contributed by atoms with Crippen LogP contribution in [-0.2, 0) is 18.9 Å². The highest BCUT2D eigenvalue weighted by Gasteiger charge is 2.84. The second-order valence-corrected chi connectivity index (χ2v) is 20.3. The van der Waals surface area contributed by atoms with Gasteiger partial charge >= 0.3 is 0 Å². The second kappa shape index (κ2) is 13.5. The highest BCUT2D eigenvalue weighted by atomic mass is 16.7. The van der Waals surface area contributed by atoms with Crippen LogP contribution in [-0.4, -0.2) is 138 Å².